The summed E-state index contributed by atoms with van der Waals surface area (Å²) in [4.78, 5) is 2.03. The quantitative estimate of drug-likeness (QED) is 0.864. The van der Waals surface area contributed by atoms with Gasteiger partial charge >= 0.3 is 0 Å². The zero-order valence-electron chi connectivity index (χ0n) is 11.6. The van der Waals surface area contributed by atoms with Crippen molar-refractivity contribution < 1.29 is 4.74 Å². The number of nitrogens with two attached hydrogens (primary N) is 1. The van der Waals surface area contributed by atoms with Gasteiger partial charge in [0.25, 0.3) is 0 Å². The smallest absolute Gasteiger partial charge is 0.120 e. The maximum atomic E-state index is 8.82. The summed E-state index contributed by atoms with van der Waals surface area (Å²) in [5, 5.41) is 8.82. The van der Waals surface area contributed by atoms with Crippen LogP contribution in [0.15, 0.2) is 42.5 Å². The van der Waals surface area contributed by atoms with Crippen molar-refractivity contribution in [1.82, 2.24) is 0 Å². The second-order valence-electron chi connectivity index (χ2n) is 4.48. The van der Waals surface area contributed by atoms with Crippen LogP contribution >= 0.6 is 0 Å². The molecule has 0 unspecified atom stereocenters. The van der Waals surface area contributed by atoms with E-state index in [0.717, 1.165) is 22.7 Å². The van der Waals surface area contributed by atoms with E-state index in [1.54, 1.807) is 7.11 Å². The van der Waals surface area contributed by atoms with E-state index in [1.165, 1.54) is 0 Å². The van der Waals surface area contributed by atoms with Crippen molar-refractivity contribution in [2.24, 2.45) is 0 Å². The third-order valence-corrected chi connectivity index (χ3v) is 3.22. The number of benzene rings is 2. The maximum absolute atomic E-state index is 8.82. The van der Waals surface area contributed by atoms with Crippen LogP contribution in [0.4, 0.5) is 17.1 Å². The summed E-state index contributed by atoms with van der Waals surface area (Å²) in [6.07, 6.45) is 0.311. The van der Waals surface area contributed by atoms with Crippen molar-refractivity contribution in [3.8, 4) is 11.8 Å². The summed E-state index contributed by atoms with van der Waals surface area (Å²) in [6, 6.07) is 15.7. The van der Waals surface area contributed by atoms with Crippen LogP contribution in [0.1, 0.15) is 5.56 Å². The summed E-state index contributed by atoms with van der Waals surface area (Å²) < 4.78 is 5.23. The van der Waals surface area contributed by atoms with Gasteiger partial charge in [0.15, 0.2) is 0 Å². The first-order valence-electron chi connectivity index (χ1n) is 6.29. The molecule has 102 valence electrons. The Kier molecular flexibility index (Phi) is 4.11. The highest BCUT2D eigenvalue weighted by Gasteiger charge is 2.07. The van der Waals surface area contributed by atoms with Crippen LogP contribution in [0.2, 0.25) is 0 Å². The van der Waals surface area contributed by atoms with Gasteiger partial charge in [0, 0.05) is 30.2 Å². The van der Waals surface area contributed by atoms with Crippen molar-refractivity contribution in [3.05, 3.63) is 48.0 Å². The molecule has 0 bridgehead atoms. The fraction of sp³-hybridized carbons (Fsp3) is 0.188. The van der Waals surface area contributed by atoms with Crippen molar-refractivity contribution in [1.29, 1.82) is 5.26 Å². The molecule has 0 radical (unpaired) electrons. The fourth-order valence-electron chi connectivity index (χ4n) is 2.01. The molecule has 0 amide bonds. The minimum Gasteiger partial charge on any atom is -0.497 e. The highest BCUT2D eigenvalue weighted by atomic mass is 16.5. The molecular formula is C16H17N3O. The first-order valence-corrected chi connectivity index (χ1v) is 6.29. The van der Waals surface area contributed by atoms with E-state index in [-0.39, 0.29) is 0 Å². The predicted octanol–water partition coefficient (Wildman–Crippen LogP) is 3.11. The van der Waals surface area contributed by atoms with Crippen LogP contribution < -0.4 is 15.4 Å². The van der Waals surface area contributed by atoms with Crippen molar-refractivity contribution in [2.75, 3.05) is 24.8 Å². The molecule has 0 heterocycles. The molecular weight excluding hydrogens is 250 g/mol. The van der Waals surface area contributed by atoms with E-state index in [1.807, 2.05) is 54.4 Å². The molecule has 0 aromatic heterocycles. The molecule has 2 N–H and O–H groups in total. The lowest BCUT2D eigenvalue weighted by Gasteiger charge is -2.21. The number of hydrogen-bond acceptors (Lipinski definition) is 4. The summed E-state index contributed by atoms with van der Waals surface area (Å²) in [5.74, 6) is 0.807. The molecule has 0 fully saturated rings. The van der Waals surface area contributed by atoms with E-state index < -0.39 is 0 Å². The number of methoxy groups -OCH3 is 1. The Morgan fingerprint density at radius 3 is 2.65 bits per heavy atom. The molecule has 4 heteroatoms. The molecule has 0 atom stereocenters. The fourth-order valence-corrected chi connectivity index (χ4v) is 2.01. The molecule has 0 aliphatic rings. The Hall–Kier alpha value is -2.67. The van der Waals surface area contributed by atoms with Crippen LogP contribution in [0.3, 0.4) is 0 Å². The van der Waals surface area contributed by atoms with Gasteiger partial charge in [0.05, 0.1) is 19.6 Å². The second kappa shape index (κ2) is 5.98. The van der Waals surface area contributed by atoms with Gasteiger partial charge in [-0.2, -0.15) is 5.26 Å². The summed E-state index contributed by atoms with van der Waals surface area (Å²) >= 11 is 0. The third-order valence-electron chi connectivity index (χ3n) is 3.22. The van der Waals surface area contributed by atoms with E-state index in [0.29, 0.717) is 12.1 Å². The number of rotatable bonds is 4. The molecule has 2 rings (SSSR count). The van der Waals surface area contributed by atoms with Crippen LogP contribution in [-0.2, 0) is 6.42 Å². The lowest BCUT2D eigenvalue weighted by molar-refractivity contribution is 0.415. The first kappa shape index (κ1) is 13.8. The van der Waals surface area contributed by atoms with E-state index in [2.05, 4.69) is 6.07 Å². The van der Waals surface area contributed by atoms with Gasteiger partial charge in [-0.25, -0.2) is 0 Å². The van der Waals surface area contributed by atoms with Crippen LogP contribution in [0.25, 0.3) is 0 Å². The average Bonchev–Trinajstić information content (AvgIpc) is 2.49. The minimum atomic E-state index is 0.311. The van der Waals surface area contributed by atoms with Crippen molar-refractivity contribution in [3.63, 3.8) is 0 Å². The molecule has 20 heavy (non-hydrogen) atoms. The Balaban J connectivity index is 2.35. The number of nitrogen functional groups attached to an aromatic ring is 1. The maximum Gasteiger partial charge on any atom is 0.120 e. The normalized spacial score (nSPS) is 9.85. The Morgan fingerprint density at radius 1 is 1.20 bits per heavy atom. The number of hydrogen-bond donors (Lipinski definition) is 1. The molecule has 2 aromatic carbocycles. The highest BCUT2D eigenvalue weighted by Crippen LogP contribution is 2.29. The largest absolute Gasteiger partial charge is 0.497 e. The lowest BCUT2D eigenvalue weighted by atomic mass is 10.1. The molecule has 0 spiro atoms. The predicted molar refractivity (Wildman–Crippen MR) is 81.2 cm³/mol. The first-order chi connectivity index (χ1) is 9.65. The number of anilines is 3. The summed E-state index contributed by atoms with van der Waals surface area (Å²) in [6.45, 7) is 0. The Bertz CT molecular complexity index is 646. The van der Waals surface area contributed by atoms with Gasteiger partial charge < -0.3 is 15.4 Å². The summed E-state index contributed by atoms with van der Waals surface area (Å²) in [7, 11) is 3.61. The van der Waals surface area contributed by atoms with Crippen LogP contribution in [0, 0.1) is 11.3 Å². The molecule has 0 saturated heterocycles. The number of nitriles is 1. The standard InChI is InChI=1S/C16H17N3O/c1-19(13-4-3-5-15(11-13)20-2)14-6-7-16(18)12(10-14)8-9-17/h3-7,10-11H,8,18H2,1-2H3. The van der Waals surface area contributed by atoms with Gasteiger partial charge in [-0.3, -0.25) is 0 Å². The van der Waals surface area contributed by atoms with Crippen LogP contribution in [0.5, 0.6) is 5.75 Å². The number of nitrogens with zero attached hydrogens (tertiary/aromatic N) is 2. The monoisotopic (exact) mass is 267 g/mol. The molecule has 0 aliphatic carbocycles. The molecule has 2 aromatic rings. The third kappa shape index (κ3) is 2.83. The number of ether oxygens (including phenoxy) is 1. The topological polar surface area (TPSA) is 62.3 Å². The lowest BCUT2D eigenvalue weighted by Crippen LogP contribution is -2.10. The minimum absolute atomic E-state index is 0.311. The van der Waals surface area contributed by atoms with Crippen molar-refractivity contribution in [2.45, 2.75) is 6.42 Å². The van der Waals surface area contributed by atoms with E-state index >= 15 is 0 Å². The second-order valence-corrected chi connectivity index (χ2v) is 4.48. The van der Waals surface area contributed by atoms with E-state index in [4.69, 9.17) is 15.7 Å². The van der Waals surface area contributed by atoms with Crippen LogP contribution in [-0.4, -0.2) is 14.2 Å². The Labute approximate surface area is 119 Å². The van der Waals surface area contributed by atoms with E-state index in [9.17, 15) is 0 Å². The van der Waals surface area contributed by atoms with Gasteiger partial charge in [-0.15, -0.1) is 0 Å². The van der Waals surface area contributed by atoms with Crippen molar-refractivity contribution >= 4 is 17.1 Å². The zero-order valence-corrected chi connectivity index (χ0v) is 11.6. The summed E-state index contributed by atoms with van der Waals surface area (Å²) in [5.41, 5.74) is 9.36. The molecule has 4 nitrogen and oxygen atoms in total. The zero-order chi connectivity index (χ0) is 14.5. The van der Waals surface area contributed by atoms with Gasteiger partial charge in [0.2, 0.25) is 0 Å². The SMILES string of the molecule is COc1cccc(N(C)c2ccc(N)c(CC#N)c2)c1. The average molecular weight is 267 g/mol. The van der Waals surface area contributed by atoms with Gasteiger partial charge in [-0.05, 0) is 35.9 Å². The molecule has 0 saturated carbocycles. The molecule has 0 aliphatic heterocycles. The Morgan fingerprint density at radius 2 is 1.95 bits per heavy atom. The van der Waals surface area contributed by atoms with Gasteiger partial charge in [-0.1, -0.05) is 6.07 Å². The highest BCUT2D eigenvalue weighted by molar-refractivity contribution is 5.67. The van der Waals surface area contributed by atoms with Gasteiger partial charge in [0.1, 0.15) is 5.75 Å².